The van der Waals surface area contributed by atoms with Crippen LogP contribution in [-0.2, 0) is 14.3 Å². The van der Waals surface area contributed by atoms with Crippen LogP contribution in [0.15, 0.2) is 59.8 Å². The summed E-state index contributed by atoms with van der Waals surface area (Å²) < 4.78 is 10.3. The maximum Gasteiger partial charge on any atom is 0.338 e. The zero-order valence-electron chi connectivity index (χ0n) is 16.0. The van der Waals surface area contributed by atoms with E-state index in [4.69, 9.17) is 21.1 Å². The van der Waals surface area contributed by atoms with Crippen LogP contribution in [0.1, 0.15) is 11.6 Å². The van der Waals surface area contributed by atoms with Crippen LogP contribution in [0.2, 0.25) is 5.02 Å². The molecule has 2 aliphatic rings. The molecule has 0 spiro atoms. The fourth-order valence-electron chi connectivity index (χ4n) is 3.47. The van der Waals surface area contributed by atoms with Gasteiger partial charge in [0.1, 0.15) is 18.9 Å². The van der Waals surface area contributed by atoms with Crippen molar-refractivity contribution in [1.82, 2.24) is 10.2 Å². The smallest absolute Gasteiger partial charge is 0.338 e. The van der Waals surface area contributed by atoms with Crippen molar-refractivity contribution in [1.29, 1.82) is 0 Å². The molecule has 0 fully saturated rings. The molecule has 0 radical (unpaired) electrons. The molecule has 0 bridgehead atoms. The number of halogens is 1. The molecule has 0 aliphatic carbocycles. The van der Waals surface area contributed by atoms with Gasteiger partial charge < -0.3 is 20.1 Å². The van der Waals surface area contributed by atoms with Gasteiger partial charge in [-0.05, 0) is 23.8 Å². The predicted octanol–water partition coefficient (Wildman–Crippen LogP) is 2.86. The van der Waals surface area contributed by atoms with Crippen molar-refractivity contribution in [2.75, 3.05) is 25.6 Å². The topological polar surface area (TPSA) is 97.0 Å². The van der Waals surface area contributed by atoms with Gasteiger partial charge in [0, 0.05) is 16.8 Å². The minimum absolute atomic E-state index is 0.0883. The zero-order valence-corrected chi connectivity index (χ0v) is 16.7. The Bertz CT molecular complexity index is 1070. The molecule has 154 valence electrons. The fraction of sp³-hybridized carbons (Fsp3) is 0.190. The van der Waals surface area contributed by atoms with Gasteiger partial charge in [0.05, 0.1) is 24.4 Å². The molecule has 2 N–H and O–H groups in total. The van der Waals surface area contributed by atoms with Crippen LogP contribution in [0.3, 0.4) is 0 Å². The van der Waals surface area contributed by atoms with Gasteiger partial charge in [-0.15, -0.1) is 0 Å². The maximum absolute atomic E-state index is 12.8. The monoisotopic (exact) mass is 427 g/mol. The van der Waals surface area contributed by atoms with E-state index in [0.29, 0.717) is 27.7 Å². The van der Waals surface area contributed by atoms with Crippen molar-refractivity contribution in [2.24, 2.45) is 0 Å². The summed E-state index contributed by atoms with van der Waals surface area (Å²) >= 11 is 6.27. The summed E-state index contributed by atoms with van der Waals surface area (Å²) in [5.41, 5.74) is 1.74. The average Bonchev–Trinajstić information content (AvgIpc) is 3.12. The van der Waals surface area contributed by atoms with Crippen molar-refractivity contribution in [3.63, 3.8) is 0 Å². The molecule has 4 rings (SSSR count). The largest absolute Gasteiger partial charge is 0.497 e. The van der Waals surface area contributed by atoms with Crippen molar-refractivity contribution in [2.45, 2.75) is 6.04 Å². The molecule has 9 heteroatoms. The number of anilines is 1. The lowest BCUT2D eigenvalue weighted by molar-refractivity contribution is -0.136. The number of cyclic esters (lactones) is 1. The highest BCUT2D eigenvalue weighted by molar-refractivity contribution is 6.31. The average molecular weight is 428 g/mol. The van der Waals surface area contributed by atoms with Gasteiger partial charge in [0.2, 0.25) is 5.91 Å². The SMILES string of the molecule is COc1cccc(NC(=O)CN2C(=O)NC(c3ccccc3Cl)C3=C2COC3=O)c1. The van der Waals surface area contributed by atoms with Crippen molar-refractivity contribution >= 4 is 35.2 Å². The second-order valence-electron chi connectivity index (χ2n) is 6.71. The molecule has 0 saturated heterocycles. The second-order valence-corrected chi connectivity index (χ2v) is 7.11. The van der Waals surface area contributed by atoms with Crippen LogP contribution in [0.5, 0.6) is 5.75 Å². The van der Waals surface area contributed by atoms with E-state index in [1.165, 1.54) is 12.0 Å². The molecule has 8 nitrogen and oxygen atoms in total. The number of nitrogens with one attached hydrogen (secondary N) is 2. The first-order chi connectivity index (χ1) is 14.5. The summed E-state index contributed by atoms with van der Waals surface area (Å²) in [5.74, 6) is -0.389. The standard InChI is InChI=1S/C21H18ClN3O5/c1-29-13-6-4-5-12(9-13)23-17(26)10-25-16-11-30-20(27)18(16)19(24-21(25)28)14-7-2-3-8-15(14)22/h2-9,19H,10-11H2,1H3,(H,23,26)(H,24,28). The Morgan fingerprint density at radius 2 is 2.07 bits per heavy atom. The van der Waals surface area contributed by atoms with E-state index < -0.39 is 23.9 Å². The highest BCUT2D eigenvalue weighted by Gasteiger charge is 2.43. The van der Waals surface area contributed by atoms with Crippen LogP contribution >= 0.6 is 11.6 Å². The van der Waals surface area contributed by atoms with E-state index in [1.54, 1.807) is 48.5 Å². The number of benzene rings is 2. The first-order valence-corrected chi connectivity index (χ1v) is 9.52. The number of ether oxygens (including phenoxy) is 2. The highest BCUT2D eigenvalue weighted by atomic mass is 35.5. The number of methoxy groups -OCH3 is 1. The van der Waals surface area contributed by atoms with Crippen molar-refractivity contribution < 1.29 is 23.9 Å². The molecule has 2 aromatic rings. The second kappa shape index (κ2) is 8.08. The molecule has 2 heterocycles. The fourth-order valence-corrected chi connectivity index (χ4v) is 3.71. The Morgan fingerprint density at radius 3 is 2.83 bits per heavy atom. The Balaban J connectivity index is 1.59. The Labute approximate surface area is 177 Å². The van der Waals surface area contributed by atoms with Crippen molar-refractivity contribution in [3.8, 4) is 5.75 Å². The quantitative estimate of drug-likeness (QED) is 0.715. The summed E-state index contributed by atoms with van der Waals surface area (Å²) in [5, 5.41) is 5.89. The van der Waals surface area contributed by atoms with Gasteiger partial charge in [-0.3, -0.25) is 9.69 Å². The Morgan fingerprint density at radius 1 is 1.27 bits per heavy atom. The highest BCUT2D eigenvalue weighted by Crippen LogP contribution is 2.37. The van der Waals surface area contributed by atoms with Crippen LogP contribution in [0, 0.1) is 0 Å². The molecule has 0 saturated carbocycles. The summed E-state index contributed by atoms with van der Waals surface area (Å²) in [7, 11) is 1.53. The summed E-state index contributed by atoms with van der Waals surface area (Å²) in [6, 6.07) is 12.5. The first-order valence-electron chi connectivity index (χ1n) is 9.14. The lowest BCUT2D eigenvalue weighted by Gasteiger charge is -2.32. The maximum atomic E-state index is 12.8. The van der Waals surface area contributed by atoms with E-state index in [-0.39, 0.29) is 18.7 Å². The number of amides is 3. The molecule has 2 aliphatic heterocycles. The van der Waals surface area contributed by atoms with E-state index >= 15 is 0 Å². The summed E-state index contributed by atoms with van der Waals surface area (Å²) in [6.45, 7) is -0.372. The van der Waals surface area contributed by atoms with Crippen LogP contribution < -0.4 is 15.4 Å². The third kappa shape index (κ3) is 3.69. The minimum atomic E-state index is -0.742. The lowest BCUT2D eigenvalue weighted by atomic mass is 9.95. The number of rotatable bonds is 5. The van der Waals surface area contributed by atoms with E-state index in [1.807, 2.05) is 0 Å². The molecule has 30 heavy (non-hydrogen) atoms. The molecule has 0 aromatic heterocycles. The van der Waals surface area contributed by atoms with Gasteiger partial charge in [-0.1, -0.05) is 35.9 Å². The molecular formula is C21H18ClN3O5. The van der Waals surface area contributed by atoms with Gasteiger partial charge in [0.25, 0.3) is 0 Å². The Kier molecular flexibility index (Phi) is 5.33. The van der Waals surface area contributed by atoms with Crippen LogP contribution in [0.25, 0.3) is 0 Å². The van der Waals surface area contributed by atoms with Crippen molar-refractivity contribution in [3.05, 3.63) is 70.4 Å². The third-order valence-electron chi connectivity index (χ3n) is 4.87. The summed E-state index contributed by atoms with van der Waals surface area (Å²) in [6.07, 6.45) is 0. The van der Waals surface area contributed by atoms with Gasteiger partial charge >= 0.3 is 12.0 Å². The minimum Gasteiger partial charge on any atom is -0.497 e. The third-order valence-corrected chi connectivity index (χ3v) is 5.21. The number of esters is 1. The van der Waals surface area contributed by atoms with Gasteiger partial charge in [0.15, 0.2) is 0 Å². The molecule has 2 aromatic carbocycles. The van der Waals surface area contributed by atoms with Crippen LogP contribution in [-0.4, -0.2) is 43.1 Å². The summed E-state index contributed by atoms with van der Waals surface area (Å²) in [4.78, 5) is 39.0. The number of nitrogens with zero attached hydrogens (tertiary/aromatic N) is 1. The zero-order chi connectivity index (χ0) is 21.3. The molecule has 1 unspecified atom stereocenters. The van der Waals surface area contributed by atoms with E-state index in [9.17, 15) is 14.4 Å². The van der Waals surface area contributed by atoms with E-state index in [0.717, 1.165) is 0 Å². The number of hydrogen-bond donors (Lipinski definition) is 2. The number of carbonyl (C=O) groups is 3. The number of hydrogen-bond acceptors (Lipinski definition) is 5. The lowest BCUT2D eigenvalue weighted by Crippen LogP contribution is -2.49. The molecule has 3 amide bonds. The predicted molar refractivity (Wildman–Crippen MR) is 109 cm³/mol. The number of carbonyl (C=O) groups excluding carboxylic acids is 3. The van der Waals surface area contributed by atoms with Gasteiger partial charge in [-0.2, -0.15) is 0 Å². The molecule has 1 atom stereocenters. The van der Waals surface area contributed by atoms with Gasteiger partial charge in [-0.25, -0.2) is 9.59 Å². The van der Waals surface area contributed by atoms with E-state index in [2.05, 4.69) is 10.6 Å². The normalized spacial score (nSPS) is 17.9. The molecular weight excluding hydrogens is 410 g/mol. The number of urea groups is 1. The van der Waals surface area contributed by atoms with Crippen LogP contribution in [0.4, 0.5) is 10.5 Å². The first kappa shape index (κ1) is 19.8. The Hall–Kier alpha value is -3.52.